The van der Waals surface area contributed by atoms with Gasteiger partial charge in [-0.1, -0.05) is 147 Å². The summed E-state index contributed by atoms with van der Waals surface area (Å²) < 4.78 is 0. The van der Waals surface area contributed by atoms with E-state index >= 15 is 0 Å². The SMILES string of the molecule is C=C(CCCCCCCCCC/C=C\CCCCC)CCC(CCCCC1(C)CC=CCCC1)CCCC1CCCN(CC)C1.C=CC. The fraction of sp³-hybridized carbons (Fsp3) is 0.830. The number of rotatable bonds is 28. The third kappa shape index (κ3) is 25.8. The van der Waals surface area contributed by atoms with E-state index in [9.17, 15) is 0 Å². The zero-order chi connectivity index (χ0) is 35.0. The van der Waals surface area contributed by atoms with Crippen LogP contribution in [-0.2, 0) is 0 Å². The molecule has 0 saturated carbocycles. The molecule has 1 heterocycles. The Morgan fingerprint density at radius 3 is 2.19 bits per heavy atom. The number of nitrogens with zero attached hydrogens (tertiary/aromatic N) is 1. The molecule has 1 aliphatic carbocycles. The van der Waals surface area contributed by atoms with E-state index in [2.05, 4.69) is 63.1 Å². The molecule has 1 heteroatoms. The molecule has 48 heavy (non-hydrogen) atoms. The fourth-order valence-electron chi connectivity index (χ4n) is 8.23. The van der Waals surface area contributed by atoms with Gasteiger partial charge in [-0.25, -0.2) is 0 Å². The first-order chi connectivity index (χ1) is 23.5. The highest BCUT2D eigenvalue weighted by atomic mass is 15.1. The second-order valence-corrected chi connectivity index (χ2v) is 16.4. The number of hydrogen-bond donors (Lipinski definition) is 0. The molecule has 0 bridgehead atoms. The van der Waals surface area contributed by atoms with Gasteiger partial charge in [0.25, 0.3) is 0 Å². The van der Waals surface area contributed by atoms with E-state index in [1.54, 1.807) is 11.6 Å². The van der Waals surface area contributed by atoms with Crippen molar-refractivity contribution >= 4 is 0 Å². The van der Waals surface area contributed by atoms with Crippen molar-refractivity contribution in [1.29, 1.82) is 0 Å². The second kappa shape index (κ2) is 31.9. The highest BCUT2D eigenvalue weighted by molar-refractivity contribution is 4.95. The van der Waals surface area contributed by atoms with E-state index in [-0.39, 0.29) is 0 Å². The van der Waals surface area contributed by atoms with Crippen molar-refractivity contribution < 1.29 is 0 Å². The summed E-state index contributed by atoms with van der Waals surface area (Å²) in [6.45, 7) is 20.9. The largest absolute Gasteiger partial charge is 0.303 e. The van der Waals surface area contributed by atoms with Crippen molar-refractivity contribution in [3.63, 3.8) is 0 Å². The molecule has 0 spiro atoms. The smallest absolute Gasteiger partial charge is 0.000955 e. The van der Waals surface area contributed by atoms with Gasteiger partial charge < -0.3 is 4.90 Å². The summed E-state index contributed by atoms with van der Waals surface area (Å²) in [7, 11) is 0. The van der Waals surface area contributed by atoms with Gasteiger partial charge >= 0.3 is 0 Å². The van der Waals surface area contributed by atoms with Crippen molar-refractivity contribution in [3.8, 4) is 0 Å². The highest BCUT2D eigenvalue weighted by Crippen LogP contribution is 2.37. The van der Waals surface area contributed by atoms with E-state index in [0.29, 0.717) is 5.41 Å². The molecule has 2 aliphatic rings. The Labute approximate surface area is 304 Å². The number of likely N-dealkylation sites (tertiary alicyclic amines) is 1. The van der Waals surface area contributed by atoms with E-state index in [4.69, 9.17) is 0 Å². The van der Waals surface area contributed by atoms with Crippen LogP contribution in [0.1, 0.15) is 214 Å². The Balaban J connectivity index is 0.00000369. The van der Waals surface area contributed by atoms with E-state index < -0.39 is 0 Å². The first-order valence-electron chi connectivity index (χ1n) is 21.7. The van der Waals surface area contributed by atoms with Crippen LogP contribution in [0.2, 0.25) is 0 Å². The van der Waals surface area contributed by atoms with E-state index in [1.165, 1.54) is 206 Å². The van der Waals surface area contributed by atoms with Gasteiger partial charge in [0.1, 0.15) is 0 Å². The molecular formula is C47H87N. The van der Waals surface area contributed by atoms with E-state index in [1.807, 2.05) is 6.92 Å². The third-order valence-electron chi connectivity index (χ3n) is 11.5. The molecule has 3 atom stereocenters. The van der Waals surface area contributed by atoms with Crippen LogP contribution in [0, 0.1) is 17.3 Å². The standard InChI is InChI=1S/C44H81N.C3H6/c1-5-7-8-9-10-11-12-13-14-15-16-17-18-19-22-29-41(3)34-35-42(31-27-32-43-33-28-39-45(6-2)40-43)30-23-26-38-44(4)36-24-20-21-25-37-44;1-3-2/h10-11,20,24,42-43H,3,5-9,12-19,21-23,25-40H2,1-2,4H3;3H,1H2,2H3/b11-10-;. The van der Waals surface area contributed by atoms with Crippen molar-refractivity contribution in [2.45, 2.75) is 214 Å². The zero-order valence-corrected chi connectivity index (χ0v) is 33.5. The molecule has 1 fully saturated rings. The number of unbranched alkanes of at least 4 members (excludes halogenated alkanes) is 12. The molecule has 0 radical (unpaired) electrons. The molecule has 0 aromatic rings. The minimum Gasteiger partial charge on any atom is -0.303 e. The van der Waals surface area contributed by atoms with Gasteiger partial charge in [-0.15, -0.1) is 6.58 Å². The fourth-order valence-corrected chi connectivity index (χ4v) is 8.23. The summed E-state index contributed by atoms with van der Waals surface area (Å²) >= 11 is 0. The normalized spacial score (nSPS) is 20.7. The molecule has 3 unspecified atom stereocenters. The lowest BCUT2D eigenvalue weighted by Crippen LogP contribution is -2.35. The van der Waals surface area contributed by atoms with Gasteiger partial charge in [-0.3, -0.25) is 0 Å². The Morgan fingerprint density at radius 1 is 0.812 bits per heavy atom. The molecule has 0 N–H and O–H groups in total. The molecule has 2 rings (SSSR count). The maximum Gasteiger partial charge on any atom is 0.000955 e. The Morgan fingerprint density at radius 2 is 1.48 bits per heavy atom. The molecular weight excluding hydrogens is 579 g/mol. The summed E-state index contributed by atoms with van der Waals surface area (Å²) in [5.41, 5.74) is 2.11. The summed E-state index contributed by atoms with van der Waals surface area (Å²) in [4.78, 5) is 2.69. The third-order valence-corrected chi connectivity index (χ3v) is 11.5. The van der Waals surface area contributed by atoms with Crippen molar-refractivity contribution in [1.82, 2.24) is 4.90 Å². The summed E-state index contributed by atoms with van der Waals surface area (Å²) in [5.74, 6) is 1.88. The lowest BCUT2D eigenvalue weighted by molar-refractivity contribution is 0.172. The molecule has 0 amide bonds. The predicted octanol–water partition coefficient (Wildman–Crippen LogP) is 15.8. The van der Waals surface area contributed by atoms with Crippen LogP contribution < -0.4 is 0 Å². The van der Waals surface area contributed by atoms with Gasteiger partial charge in [0.2, 0.25) is 0 Å². The van der Waals surface area contributed by atoms with Crippen LogP contribution >= 0.6 is 0 Å². The maximum atomic E-state index is 4.56. The predicted molar refractivity (Wildman–Crippen MR) is 220 cm³/mol. The minimum absolute atomic E-state index is 0.563. The maximum absolute atomic E-state index is 4.56. The van der Waals surface area contributed by atoms with Crippen LogP contribution in [0.3, 0.4) is 0 Å². The van der Waals surface area contributed by atoms with Crippen LogP contribution in [-0.4, -0.2) is 24.5 Å². The van der Waals surface area contributed by atoms with Crippen LogP contribution in [0.25, 0.3) is 0 Å². The topological polar surface area (TPSA) is 3.24 Å². The first-order valence-corrected chi connectivity index (χ1v) is 21.7. The van der Waals surface area contributed by atoms with Crippen molar-refractivity contribution in [3.05, 3.63) is 49.1 Å². The number of hydrogen-bond acceptors (Lipinski definition) is 1. The summed E-state index contributed by atoms with van der Waals surface area (Å²) in [6.07, 6.45) is 52.0. The van der Waals surface area contributed by atoms with Crippen LogP contribution in [0.4, 0.5) is 0 Å². The zero-order valence-electron chi connectivity index (χ0n) is 33.5. The van der Waals surface area contributed by atoms with Gasteiger partial charge in [0, 0.05) is 6.54 Å². The summed E-state index contributed by atoms with van der Waals surface area (Å²) in [5, 5.41) is 0. The van der Waals surface area contributed by atoms with Crippen LogP contribution in [0.5, 0.6) is 0 Å². The number of allylic oxidation sites excluding steroid dienone is 6. The van der Waals surface area contributed by atoms with Gasteiger partial charge in [0.05, 0.1) is 0 Å². The molecule has 280 valence electrons. The Hall–Kier alpha value is -1.08. The molecule has 1 nitrogen and oxygen atoms in total. The number of piperidine rings is 1. The average Bonchev–Trinajstić information content (AvgIpc) is 3.31. The second-order valence-electron chi connectivity index (χ2n) is 16.4. The van der Waals surface area contributed by atoms with E-state index in [0.717, 1.165) is 11.8 Å². The highest BCUT2D eigenvalue weighted by Gasteiger charge is 2.23. The van der Waals surface area contributed by atoms with Gasteiger partial charge in [0.15, 0.2) is 0 Å². The summed E-state index contributed by atoms with van der Waals surface area (Å²) in [6, 6.07) is 0. The Bertz CT molecular complexity index is 791. The minimum atomic E-state index is 0.563. The molecule has 1 aliphatic heterocycles. The van der Waals surface area contributed by atoms with Crippen LogP contribution in [0.15, 0.2) is 49.1 Å². The average molecular weight is 666 g/mol. The monoisotopic (exact) mass is 666 g/mol. The van der Waals surface area contributed by atoms with Crippen molar-refractivity contribution in [2.24, 2.45) is 17.3 Å². The molecule has 1 saturated heterocycles. The molecule has 0 aromatic carbocycles. The first kappa shape index (κ1) is 44.9. The Kier molecular flexibility index (Phi) is 29.8. The quantitative estimate of drug-likeness (QED) is 0.0594. The lowest BCUT2D eigenvalue weighted by Gasteiger charge is -2.32. The van der Waals surface area contributed by atoms with Gasteiger partial charge in [-0.2, -0.15) is 0 Å². The molecule has 0 aromatic heterocycles. The lowest BCUT2D eigenvalue weighted by atomic mass is 9.78. The van der Waals surface area contributed by atoms with Gasteiger partial charge in [-0.05, 0) is 140 Å². The van der Waals surface area contributed by atoms with Crippen molar-refractivity contribution in [2.75, 3.05) is 19.6 Å².